The number of carbonyl (C=O) groups is 1. The predicted molar refractivity (Wildman–Crippen MR) is 114 cm³/mol. The number of rotatable bonds is 4. The molecular weight excluding hydrogens is 394 g/mol. The Kier molecular flexibility index (Phi) is 5.31. The summed E-state index contributed by atoms with van der Waals surface area (Å²) in [7, 11) is 0. The van der Waals surface area contributed by atoms with Gasteiger partial charge in [-0.05, 0) is 44.7 Å². The van der Waals surface area contributed by atoms with Crippen LogP contribution in [0.25, 0.3) is 11.4 Å². The van der Waals surface area contributed by atoms with Crippen molar-refractivity contribution in [2.24, 2.45) is 0 Å². The molecule has 1 amide bonds. The van der Waals surface area contributed by atoms with Crippen LogP contribution in [0.4, 0.5) is 5.95 Å². The summed E-state index contributed by atoms with van der Waals surface area (Å²) >= 11 is 0. The maximum absolute atomic E-state index is 13.2. The summed E-state index contributed by atoms with van der Waals surface area (Å²) in [6.07, 6.45) is 9.20. The van der Waals surface area contributed by atoms with Crippen LogP contribution in [-0.4, -0.2) is 62.1 Å². The van der Waals surface area contributed by atoms with Gasteiger partial charge < -0.3 is 14.3 Å². The van der Waals surface area contributed by atoms with Crippen LogP contribution >= 0.6 is 0 Å². The zero-order chi connectivity index (χ0) is 21.2. The molecule has 0 unspecified atom stereocenters. The van der Waals surface area contributed by atoms with Crippen molar-refractivity contribution >= 4 is 11.9 Å². The van der Waals surface area contributed by atoms with E-state index in [1.807, 2.05) is 24.0 Å². The number of amides is 1. The average molecular weight is 419 g/mol. The number of hydrogen-bond acceptors (Lipinski definition) is 8. The Morgan fingerprint density at radius 2 is 2.00 bits per heavy atom. The molecule has 1 atom stereocenters. The molecule has 2 fully saturated rings. The molecule has 0 aromatic carbocycles. The highest BCUT2D eigenvalue weighted by Gasteiger charge is 2.30. The molecule has 2 saturated heterocycles. The third-order valence-corrected chi connectivity index (χ3v) is 6.01. The van der Waals surface area contributed by atoms with Crippen LogP contribution in [0.15, 0.2) is 35.2 Å². The Labute approximate surface area is 180 Å². The van der Waals surface area contributed by atoms with Gasteiger partial charge in [-0.15, -0.1) is 0 Å². The van der Waals surface area contributed by atoms with E-state index >= 15 is 0 Å². The van der Waals surface area contributed by atoms with Gasteiger partial charge in [0.15, 0.2) is 0 Å². The van der Waals surface area contributed by atoms with Gasteiger partial charge in [-0.2, -0.15) is 4.98 Å². The largest absolute Gasteiger partial charge is 0.341 e. The van der Waals surface area contributed by atoms with Gasteiger partial charge in [-0.3, -0.25) is 9.78 Å². The first-order chi connectivity index (χ1) is 15.2. The Balaban J connectivity index is 1.30. The van der Waals surface area contributed by atoms with Crippen molar-refractivity contribution in [2.75, 3.05) is 31.1 Å². The van der Waals surface area contributed by atoms with Gasteiger partial charge >= 0.3 is 0 Å². The molecule has 0 spiro atoms. The second-order valence-electron chi connectivity index (χ2n) is 8.15. The maximum Gasteiger partial charge on any atom is 0.257 e. The summed E-state index contributed by atoms with van der Waals surface area (Å²) in [6.45, 7) is 5.08. The lowest BCUT2D eigenvalue weighted by molar-refractivity contribution is 0.0694. The number of pyridine rings is 1. The van der Waals surface area contributed by atoms with E-state index in [0.29, 0.717) is 30.4 Å². The van der Waals surface area contributed by atoms with Crippen LogP contribution in [0.3, 0.4) is 0 Å². The van der Waals surface area contributed by atoms with Crippen LogP contribution in [0.5, 0.6) is 0 Å². The monoisotopic (exact) mass is 419 g/mol. The number of aromatic nitrogens is 5. The molecule has 31 heavy (non-hydrogen) atoms. The van der Waals surface area contributed by atoms with E-state index in [0.717, 1.165) is 56.0 Å². The molecule has 5 rings (SSSR count). The molecule has 0 bridgehead atoms. The summed E-state index contributed by atoms with van der Waals surface area (Å²) in [5.74, 6) is 1.78. The van der Waals surface area contributed by atoms with Gasteiger partial charge in [-0.25, -0.2) is 9.97 Å². The fraction of sp³-hybridized carbons (Fsp3) is 0.455. The van der Waals surface area contributed by atoms with Crippen molar-refractivity contribution in [3.05, 3.63) is 47.9 Å². The number of hydrogen-bond donors (Lipinski definition) is 0. The number of aryl methyl sites for hydroxylation is 1. The number of piperidine rings is 1. The van der Waals surface area contributed by atoms with Crippen molar-refractivity contribution in [1.29, 1.82) is 0 Å². The minimum atomic E-state index is -0.0397. The SMILES string of the molecule is Cc1nc(N2CCCC2)ncc1C(=O)N1CCC[C@@H](c2nc(-c3cccnc3)no2)C1. The number of nitrogens with zero attached hydrogens (tertiary/aromatic N) is 7. The summed E-state index contributed by atoms with van der Waals surface area (Å²) in [4.78, 5) is 35.0. The Bertz CT molecular complexity index is 1060. The van der Waals surface area contributed by atoms with Crippen molar-refractivity contribution < 1.29 is 9.32 Å². The average Bonchev–Trinajstić information content (AvgIpc) is 3.52. The lowest BCUT2D eigenvalue weighted by Gasteiger charge is -2.31. The lowest BCUT2D eigenvalue weighted by Crippen LogP contribution is -2.39. The molecular formula is C22H25N7O2. The highest BCUT2D eigenvalue weighted by atomic mass is 16.5. The summed E-state index contributed by atoms with van der Waals surface area (Å²) < 4.78 is 5.53. The van der Waals surface area contributed by atoms with Crippen molar-refractivity contribution in [3.63, 3.8) is 0 Å². The topological polar surface area (TPSA) is 101 Å². The molecule has 2 aliphatic heterocycles. The molecule has 5 heterocycles. The molecule has 3 aromatic rings. The second kappa shape index (κ2) is 8.41. The molecule has 9 nitrogen and oxygen atoms in total. The van der Waals surface area contributed by atoms with E-state index in [2.05, 4.69) is 30.0 Å². The quantitative estimate of drug-likeness (QED) is 0.636. The smallest absolute Gasteiger partial charge is 0.257 e. The Morgan fingerprint density at radius 3 is 2.77 bits per heavy atom. The Hall–Kier alpha value is -3.36. The molecule has 2 aliphatic rings. The molecule has 160 valence electrons. The molecule has 0 radical (unpaired) electrons. The summed E-state index contributed by atoms with van der Waals surface area (Å²) in [5.41, 5.74) is 2.10. The van der Waals surface area contributed by atoms with Crippen LogP contribution in [-0.2, 0) is 0 Å². The van der Waals surface area contributed by atoms with Crippen molar-refractivity contribution in [3.8, 4) is 11.4 Å². The molecule has 0 N–H and O–H groups in total. The van der Waals surface area contributed by atoms with Gasteiger partial charge in [-0.1, -0.05) is 5.16 Å². The van der Waals surface area contributed by atoms with Gasteiger partial charge in [0.05, 0.1) is 17.2 Å². The highest BCUT2D eigenvalue weighted by molar-refractivity contribution is 5.95. The third-order valence-electron chi connectivity index (χ3n) is 6.01. The van der Waals surface area contributed by atoms with Gasteiger partial charge in [0.1, 0.15) is 0 Å². The van der Waals surface area contributed by atoms with E-state index in [1.165, 1.54) is 0 Å². The van der Waals surface area contributed by atoms with E-state index in [1.54, 1.807) is 18.6 Å². The fourth-order valence-corrected chi connectivity index (χ4v) is 4.28. The molecule has 3 aromatic heterocycles. The highest BCUT2D eigenvalue weighted by Crippen LogP contribution is 2.28. The van der Waals surface area contributed by atoms with Crippen LogP contribution in [0.2, 0.25) is 0 Å². The van der Waals surface area contributed by atoms with E-state index < -0.39 is 0 Å². The number of anilines is 1. The zero-order valence-electron chi connectivity index (χ0n) is 17.6. The summed E-state index contributed by atoms with van der Waals surface area (Å²) in [5, 5.41) is 4.10. The minimum absolute atomic E-state index is 0.0146. The summed E-state index contributed by atoms with van der Waals surface area (Å²) in [6, 6.07) is 3.73. The second-order valence-corrected chi connectivity index (χ2v) is 8.15. The maximum atomic E-state index is 13.2. The van der Waals surface area contributed by atoms with Crippen LogP contribution < -0.4 is 4.90 Å². The van der Waals surface area contributed by atoms with Crippen LogP contribution in [0.1, 0.15) is 53.5 Å². The van der Waals surface area contributed by atoms with Gasteiger partial charge in [0, 0.05) is 50.3 Å². The van der Waals surface area contributed by atoms with Crippen LogP contribution in [0, 0.1) is 6.92 Å². The predicted octanol–water partition coefficient (Wildman–Crippen LogP) is 2.85. The molecule has 9 heteroatoms. The first kappa shape index (κ1) is 19.6. The number of carbonyl (C=O) groups excluding carboxylic acids is 1. The molecule has 0 aliphatic carbocycles. The Morgan fingerprint density at radius 1 is 1.13 bits per heavy atom. The van der Waals surface area contributed by atoms with Crippen molar-refractivity contribution in [1.82, 2.24) is 30.0 Å². The van der Waals surface area contributed by atoms with E-state index in [9.17, 15) is 4.79 Å². The standard InChI is InChI=1S/C22H25N7O2/c1-15-18(13-24-22(25-15)28-9-2-3-10-28)21(30)29-11-5-7-17(14-29)20-26-19(27-31-20)16-6-4-8-23-12-16/h4,6,8,12-13,17H,2-3,5,7,9-11,14H2,1H3/t17-/m1/s1. The van der Waals surface area contributed by atoms with Gasteiger partial charge in [0.25, 0.3) is 5.91 Å². The third kappa shape index (κ3) is 3.99. The fourth-order valence-electron chi connectivity index (χ4n) is 4.28. The normalized spacial score (nSPS) is 19.1. The van der Waals surface area contributed by atoms with Gasteiger partial charge in [0.2, 0.25) is 17.7 Å². The van der Waals surface area contributed by atoms with Crippen molar-refractivity contribution in [2.45, 2.75) is 38.5 Å². The molecule has 0 saturated carbocycles. The first-order valence-corrected chi connectivity index (χ1v) is 10.8. The van der Waals surface area contributed by atoms with E-state index in [-0.39, 0.29) is 11.8 Å². The first-order valence-electron chi connectivity index (χ1n) is 10.8. The zero-order valence-corrected chi connectivity index (χ0v) is 17.6. The number of likely N-dealkylation sites (tertiary alicyclic amines) is 1. The minimum Gasteiger partial charge on any atom is -0.341 e. The van der Waals surface area contributed by atoms with E-state index in [4.69, 9.17) is 4.52 Å². The lowest BCUT2D eigenvalue weighted by atomic mass is 9.97.